The minimum absolute atomic E-state index is 0.624. The summed E-state index contributed by atoms with van der Waals surface area (Å²) in [6.45, 7) is 3.36. The van der Waals surface area contributed by atoms with Crippen LogP contribution in [-0.2, 0) is 16.1 Å². The van der Waals surface area contributed by atoms with Gasteiger partial charge in [-0.2, -0.15) is 5.10 Å². The number of rotatable bonds is 14. The highest BCUT2D eigenvalue weighted by atomic mass is 79.9. The molecular formula is C33H32BrN3O3. The number of nitrogens with zero attached hydrogens (tertiary/aromatic N) is 3. The fraction of sp³-hybridized carbons (Fsp3) is 0.212. The van der Waals surface area contributed by atoms with Gasteiger partial charge >= 0.3 is 0 Å². The van der Waals surface area contributed by atoms with E-state index in [1.165, 1.54) is 5.56 Å². The summed E-state index contributed by atoms with van der Waals surface area (Å²) in [5.41, 5.74) is 6.37. The molecule has 5 rings (SSSR count). The first kappa shape index (κ1) is 27.8. The van der Waals surface area contributed by atoms with Crippen LogP contribution < -0.4 is 4.74 Å². The molecule has 0 saturated carbocycles. The molecule has 3 aromatic carbocycles. The van der Waals surface area contributed by atoms with Crippen LogP contribution in [0.25, 0.3) is 28.1 Å². The maximum absolute atomic E-state index is 5.89. The molecule has 6 nitrogen and oxygen atoms in total. The molecule has 0 unspecified atom stereocenters. The van der Waals surface area contributed by atoms with Crippen LogP contribution in [0.4, 0.5) is 0 Å². The van der Waals surface area contributed by atoms with E-state index in [9.17, 15) is 0 Å². The second kappa shape index (κ2) is 14.6. The van der Waals surface area contributed by atoms with Gasteiger partial charge in [0.1, 0.15) is 11.4 Å². The Balaban J connectivity index is 1.01. The molecule has 0 atom stereocenters. The molecule has 0 bridgehead atoms. The van der Waals surface area contributed by atoms with E-state index < -0.39 is 0 Å². The lowest BCUT2D eigenvalue weighted by Gasteiger charge is -2.09. The quantitative estimate of drug-likeness (QED) is 0.122. The van der Waals surface area contributed by atoms with Crippen molar-refractivity contribution in [2.24, 2.45) is 0 Å². The highest BCUT2D eigenvalue weighted by Crippen LogP contribution is 2.28. The molecule has 0 saturated heterocycles. The normalized spacial score (nSPS) is 11.0. The fourth-order valence-electron chi connectivity index (χ4n) is 4.22. The van der Waals surface area contributed by atoms with Crippen molar-refractivity contribution >= 4 is 15.9 Å². The lowest BCUT2D eigenvalue weighted by Crippen LogP contribution is -2.06. The molecule has 5 aromatic rings. The Labute approximate surface area is 243 Å². The Morgan fingerprint density at radius 1 is 0.650 bits per heavy atom. The van der Waals surface area contributed by atoms with Crippen molar-refractivity contribution in [3.05, 3.63) is 120 Å². The minimum Gasteiger partial charge on any atom is -0.494 e. The largest absolute Gasteiger partial charge is 0.494 e. The van der Waals surface area contributed by atoms with Crippen LogP contribution in [0.5, 0.6) is 5.75 Å². The van der Waals surface area contributed by atoms with E-state index >= 15 is 0 Å². The maximum atomic E-state index is 5.89. The van der Waals surface area contributed by atoms with Crippen molar-refractivity contribution in [2.45, 2.75) is 19.4 Å². The predicted molar refractivity (Wildman–Crippen MR) is 162 cm³/mol. The first-order valence-electron chi connectivity index (χ1n) is 13.4. The summed E-state index contributed by atoms with van der Waals surface area (Å²) in [5.74, 6) is 0.861. The number of hydrogen-bond acceptors (Lipinski definition) is 5. The highest BCUT2D eigenvalue weighted by Gasteiger charge is 2.10. The molecule has 0 radical (unpaired) electrons. The standard InChI is InChI=1S/C33H32BrN3O3/c34-32-24-37(36-33(32)29-16-18-35-19-17-29)30-12-8-27(9-13-30)28-10-14-31(15-11-28)40-23-5-21-38-20-4-22-39-25-26-6-2-1-3-7-26/h1-3,6-19,24H,4-5,20-23,25H2. The van der Waals surface area contributed by atoms with Crippen molar-refractivity contribution in [3.8, 4) is 33.8 Å². The molecule has 0 aliphatic rings. The molecule has 0 aliphatic heterocycles. The lowest BCUT2D eigenvalue weighted by atomic mass is 10.1. The topological polar surface area (TPSA) is 58.4 Å². The van der Waals surface area contributed by atoms with Crippen LogP contribution in [0.3, 0.4) is 0 Å². The van der Waals surface area contributed by atoms with E-state index in [4.69, 9.17) is 19.3 Å². The first-order chi connectivity index (χ1) is 19.8. The van der Waals surface area contributed by atoms with Gasteiger partial charge in [-0.1, -0.05) is 54.6 Å². The first-order valence-corrected chi connectivity index (χ1v) is 14.2. The van der Waals surface area contributed by atoms with E-state index in [-0.39, 0.29) is 0 Å². The summed E-state index contributed by atoms with van der Waals surface area (Å²) in [5, 5.41) is 4.75. The van der Waals surface area contributed by atoms with Crippen molar-refractivity contribution in [1.29, 1.82) is 0 Å². The van der Waals surface area contributed by atoms with Crippen LogP contribution in [0.15, 0.2) is 114 Å². The fourth-order valence-corrected chi connectivity index (χ4v) is 4.72. The van der Waals surface area contributed by atoms with Crippen LogP contribution in [0, 0.1) is 0 Å². The minimum atomic E-state index is 0.624. The summed E-state index contributed by atoms with van der Waals surface area (Å²) in [7, 11) is 0. The van der Waals surface area contributed by atoms with Gasteiger partial charge in [0.05, 0.1) is 23.4 Å². The van der Waals surface area contributed by atoms with Crippen molar-refractivity contribution in [1.82, 2.24) is 14.8 Å². The summed E-state index contributed by atoms with van der Waals surface area (Å²) < 4.78 is 20.1. The van der Waals surface area contributed by atoms with Gasteiger partial charge in [-0.3, -0.25) is 4.98 Å². The number of halogens is 1. The molecular weight excluding hydrogens is 566 g/mol. The Hall–Kier alpha value is -3.78. The van der Waals surface area contributed by atoms with Crippen molar-refractivity contribution in [2.75, 3.05) is 26.4 Å². The number of benzene rings is 3. The van der Waals surface area contributed by atoms with Crippen molar-refractivity contribution in [3.63, 3.8) is 0 Å². The number of pyridine rings is 1. The van der Waals surface area contributed by atoms with Gasteiger partial charge in [0.15, 0.2) is 0 Å². The van der Waals surface area contributed by atoms with Gasteiger partial charge in [-0.15, -0.1) is 0 Å². The van der Waals surface area contributed by atoms with Gasteiger partial charge in [-0.25, -0.2) is 4.68 Å². The van der Waals surface area contributed by atoms with Gasteiger partial charge in [0.25, 0.3) is 0 Å². The van der Waals surface area contributed by atoms with Crippen LogP contribution in [-0.4, -0.2) is 41.2 Å². The number of aromatic nitrogens is 3. The monoisotopic (exact) mass is 597 g/mol. The molecule has 2 aromatic heterocycles. The molecule has 0 amide bonds. The molecule has 7 heteroatoms. The zero-order valence-electron chi connectivity index (χ0n) is 22.3. The molecule has 0 spiro atoms. The number of ether oxygens (including phenoxy) is 3. The Morgan fingerprint density at radius 3 is 2.02 bits per heavy atom. The lowest BCUT2D eigenvalue weighted by molar-refractivity contribution is 0.0713. The molecule has 0 aliphatic carbocycles. The molecule has 2 heterocycles. The van der Waals surface area contributed by atoms with E-state index in [0.29, 0.717) is 33.0 Å². The van der Waals surface area contributed by atoms with Gasteiger partial charge in [-0.05, 0) is 75.4 Å². The van der Waals surface area contributed by atoms with Crippen molar-refractivity contribution < 1.29 is 14.2 Å². The van der Waals surface area contributed by atoms with E-state index in [0.717, 1.165) is 51.1 Å². The summed E-state index contributed by atoms with van der Waals surface area (Å²) >= 11 is 3.63. The van der Waals surface area contributed by atoms with Crippen LogP contribution >= 0.6 is 15.9 Å². The Bertz CT molecular complexity index is 1440. The molecule has 0 fully saturated rings. The Kier molecular flexibility index (Phi) is 10.1. The number of hydrogen-bond donors (Lipinski definition) is 0. The Morgan fingerprint density at radius 2 is 1.30 bits per heavy atom. The summed E-state index contributed by atoms with van der Waals surface area (Å²) in [6, 6.07) is 30.7. The summed E-state index contributed by atoms with van der Waals surface area (Å²) in [6.07, 6.45) is 7.26. The average molecular weight is 599 g/mol. The molecule has 204 valence electrons. The third kappa shape index (κ3) is 7.88. The molecule has 40 heavy (non-hydrogen) atoms. The zero-order chi connectivity index (χ0) is 27.4. The SMILES string of the molecule is Brc1cn(-c2ccc(-c3ccc(OCCCOCCCOCc4ccccc4)cc3)cc2)nc1-c1ccncc1. The third-order valence-electron chi connectivity index (χ3n) is 6.33. The highest BCUT2D eigenvalue weighted by molar-refractivity contribution is 9.10. The van der Waals surface area contributed by atoms with E-state index in [1.807, 2.05) is 53.3 Å². The second-order valence-electron chi connectivity index (χ2n) is 9.28. The average Bonchev–Trinajstić information content (AvgIpc) is 3.41. The van der Waals surface area contributed by atoms with Gasteiger partial charge in [0, 0.05) is 50.4 Å². The predicted octanol–water partition coefficient (Wildman–Crippen LogP) is 7.76. The van der Waals surface area contributed by atoms with Gasteiger partial charge in [0.2, 0.25) is 0 Å². The van der Waals surface area contributed by atoms with E-state index in [2.05, 4.69) is 69.4 Å². The van der Waals surface area contributed by atoms with Gasteiger partial charge < -0.3 is 14.2 Å². The third-order valence-corrected chi connectivity index (χ3v) is 6.91. The molecule has 0 N–H and O–H groups in total. The van der Waals surface area contributed by atoms with Crippen LogP contribution in [0.1, 0.15) is 18.4 Å². The van der Waals surface area contributed by atoms with Crippen LogP contribution in [0.2, 0.25) is 0 Å². The maximum Gasteiger partial charge on any atom is 0.119 e. The zero-order valence-corrected chi connectivity index (χ0v) is 23.9. The van der Waals surface area contributed by atoms with E-state index in [1.54, 1.807) is 12.4 Å². The summed E-state index contributed by atoms with van der Waals surface area (Å²) in [4.78, 5) is 4.09. The second-order valence-corrected chi connectivity index (χ2v) is 10.1. The smallest absolute Gasteiger partial charge is 0.119 e.